The Balaban J connectivity index is 1.51. The van der Waals surface area contributed by atoms with Gasteiger partial charge in [0, 0.05) is 35.1 Å². The average molecular weight is 422 g/mol. The molecule has 7 heteroatoms. The molecule has 6 nitrogen and oxygen atoms in total. The Morgan fingerprint density at radius 3 is 2.67 bits per heavy atom. The number of hydrogen-bond donors (Lipinski definition) is 3. The van der Waals surface area contributed by atoms with Crippen LogP contribution >= 0.6 is 11.6 Å². The number of nitrogens with two attached hydrogens (primary N) is 1. The van der Waals surface area contributed by atoms with Crippen molar-refractivity contribution in [3.63, 3.8) is 0 Å². The van der Waals surface area contributed by atoms with Gasteiger partial charge in [-0.1, -0.05) is 35.9 Å². The molecule has 1 aliphatic heterocycles. The fraction of sp³-hybridized carbons (Fsp3) is 0.130. The van der Waals surface area contributed by atoms with Gasteiger partial charge < -0.3 is 21.1 Å². The molecule has 0 fully saturated rings. The number of carbonyl (C=O) groups excluding carboxylic acids is 1. The summed E-state index contributed by atoms with van der Waals surface area (Å²) < 4.78 is 0. The maximum Gasteiger partial charge on any atom is 0.337 e. The van der Waals surface area contributed by atoms with E-state index in [1.807, 2.05) is 18.2 Å². The smallest absolute Gasteiger partial charge is 0.337 e. The lowest BCUT2D eigenvalue weighted by Gasteiger charge is -2.20. The number of hydrogen-bond acceptors (Lipinski definition) is 4. The average Bonchev–Trinajstić information content (AvgIpc) is 3.13. The molecule has 1 aliphatic rings. The largest absolute Gasteiger partial charge is 0.478 e. The van der Waals surface area contributed by atoms with Crippen LogP contribution in [-0.4, -0.2) is 23.5 Å². The molecule has 0 saturated heterocycles. The van der Waals surface area contributed by atoms with Gasteiger partial charge >= 0.3 is 5.97 Å². The third kappa shape index (κ3) is 3.95. The summed E-state index contributed by atoms with van der Waals surface area (Å²) in [6, 6.07) is 17.7. The number of fused-ring (bicyclic) bond motifs is 1. The summed E-state index contributed by atoms with van der Waals surface area (Å²) in [5.41, 5.74) is 10.7. The number of anilines is 3. The highest BCUT2D eigenvalue weighted by Gasteiger charge is 2.20. The standard InChI is InChI=1S/C23H20ClN3O3/c24-17-7-8-20(18(12-17)23(29)30)26-22(28)15-5-6-16(19(25)11-15)13-27-10-9-14-3-1-2-4-21(14)27/h1-8,11-12H,9-10,13,25H2,(H,26,28)(H,29,30). The fourth-order valence-electron chi connectivity index (χ4n) is 3.65. The van der Waals surface area contributed by atoms with Crippen LogP contribution in [0, 0.1) is 0 Å². The Bertz CT molecular complexity index is 1150. The molecule has 0 bridgehead atoms. The van der Waals surface area contributed by atoms with Crippen LogP contribution in [0.1, 0.15) is 31.8 Å². The molecule has 0 spiro atoms. The van der Waals surface area contributed by atoms with Gasteiger partial charge in [-0.25, -0.2) is 4.79 Å². The predicted octanol–water partition coefficient (Wildman–Crippen LogP) is 4.44. The van der Waals surface area contributed by atoms with E-state index in [4.69, 9.17) is 17.3 Å². The number of benzene rings is 3. The van der Waals surface area contributed by atoms with Gasteiger partial charge in [0.2, 0.25) is 0 Å². The molecule has 30 heavy (non-hydrogen) atoms. The zero-order valence-corrected chi connectivity index (χ0v) is 16.8. The molecule has 3 aromatic carbocycles. The third-order valence-electron chi connectivity index (χ3n) is 5.21. The van der Waals surface area contributed by atoms with Gasteiger partial charge in [0.25, 0.3) is 5.91 Å². The molecular formula is C23H20ClN3O3. The van der Waals surface area contributed by atoms with Gasteiger partial charge in [-0.3, -0.25) is 4.79 Å². The van der Waals surface area contributed by atoms with Crippen LogP contribution in [0.2, 0.25) is 5.02 Å². The highest BCUT2D eigenvalue weighted by atomic mass is 35.5. The molecular weight excluding hydrogens is 402 g/mol. The first-order valence-corrected chi connectivity index (χ1v) is 9.85. The number of halogens is 1. The maximum atomic E-state index is 12.6. The molecule has 152 valence electrons. The van der Waals surface area contributed by atoms with Crippen molar-refractivity contribution >= 4 is 40.5 Å². The van der Waals surface area contributed by atoms with E-state index in [2.05, 4.69) is 22.3 Å². The van der Waals surface area contributed by atoms with Crippen LogP contribution in [0.5, 0.6) is 0 Å². The summed E-state index contributed by atoms with van der Waals surface area (Å²) in [6.07, 6.45) is 1.00. The van der Waals surface area contributed by atoms with E-state index in [-0.39, 0.29) is 16.3 Å². The molecule has 0 unspecified atom stereocenters. The molecule has 0 atom stereocenters. The second-order valence-corrected chi connectivity index (χ2v) is 7.60. The first-order chi connectivity index (χ1) is 14.4. The van der Waals surface area contributed by atoms with E-state index >= 15 is 0 Å². The SMILES string of the molecule is Nc1cc(C(=O)Nc2ccc(Cl)cc2C(=O)O)ccc1CN1CCc2ccccc21. The van der Waals surface area contributed by atoms with Crippen molar-refractivity contribution in [1.29, 1.82) is 0 Å². The zero-order chi connectivity index (χ0) is 21.3. The van der Waals surface area contributed by atoms with Crippen molar-refractivity contribution in [1.82, 2.24) is 0 Å². The molecule has 4 N–H and O–H groups in total. The maximum absolute atomic E-state index is 12.6. The van der Waals surface area contributed by atoms with Crippen molar-refractivity contribution in [3.05, 3.63) is 87.9 Å². The van der Waals surface area contributed by atoms with E-state index in [1.54, 1.807) is 12.1 Å². The molecule has 0 saturated carbocycles. The van der Waals surface area contributed by atoms with Crippen LogP contribution < -0.4 is 16.0 Å². The molecule has 1 heterocycles. The quantitative estimate of drug-likeness (QED) is 0.529. The Morgan fingerprint density at radius 2 is 1.90 bits per heavy atom. The topological polar surface area (TPSA) is 95.7 Å². The van der Waals surface area contributed by atoms with Crippen LogP contribution in [0.3, 0.4) is 0 Å². The van der Waals surface area contributed by atoms with Crippen molar-refractivity contribution in [3.8, 4) is 0 Å². The van der Waals surface area contributed by atoms with Crippen LogP contribution in [0.25, 0.3) is 0 Å². The summed E-state index contributed by atoms with van der Waals surface area (Å²) in [6.45, 7) is 1.58. The first kappa shape index (κ1) is 19.8. The van der Waals surface area contributed by atoms with E-state index in [9.17, 15) is 14.7 Å². The normalized spacial score (nSPS) is 12.5. The number of nitrogens with one attached hydrogen (secondary N) is 1. The minimum atomic E-state index is -1.17. The van der Waals surface area contributed by atoms with Crippen molar-refractivity contribution in [2.45, 2.75) is 13.0 Å². The highest BCUT2D eigenvalue weighted by Crippen LogP contribution is 2.30. The Hall–Kier alpha value is -3.51. The van der Waals surface area contributed by atoms with Crippen LogP contribution in [0.4, 0.5) is 17.1 Å². The Kier molecular flexibility index (Phi) is 5.33. The number of carbonyl (C=O) groups is 2. The molecule has 1 amide bonds. The van der Waals surface area contributed by atoms with E-state index in [1.165, 1.54) is 29.4 Å². The zero-order valence-electron chi connectivity index (χ0n) is 16.1. The van der Waals surface area contributed by atoms with Gasteiger partial charge in [-0.2, -0.15) is 0 Å². The van der Waals surface area contributed by atoms with E-state index in [0.717, 1.165) is 18.5 Å². The third-order valence-corrected chi connectivity index (χ3v) is 5.45. The minimum Gasteiger partial charge on any atom is -0.478 e. The number of para-hydroxylation sites is 1. The van der Waals surface area contributed by atoms with Gasteiger partial charge in [-0.05, 0) is 53.9 Å². The fourth-order valence-corrected chi connectivity index (χ4v) is 3.83. The molecule has 0 radical (unpaired) electrons. The molecule has 4 rings (SSSR count). The van der Waals surface area contributed by atoms with Crippen LogP contribution in [-0.2, 0) is 13.0 Å². The van der Waals surface area contributed by atoms with Crippen molar-refractivity contribution in [2.24, 2.45) is 0 Å². The lowest BCUT2D eigenvalue weighted by molar-refractivity contribution is 0.0698. The molecule has 0 aromatic heterocycles. The molecule has 0 aliphatic carbocycles. The number of carboxylic acids is 1. The Morgan fingerprint density at radius 1 is 1.10 bits per heavy atom. The summed E-state index contributed by atoms with van der Waals surface area (Å²) in [7, 11) is 0. The van der Waals surface area contributed by atoms with E-state index in [0.29, 0.717) is 17.8 Å². The van der Waals surface area contributed by atoms with Gasteiger partial charge in [0.1, 0.15) is 0 Å². The lowest BCUT2D eigenvalue weighted by Crippen LogP contribution is -2.21. The number of aromatic carboxylic acids is 1. The number of nitrogen functional groups attached to an aromatic ring is 1. The summed E-state index contributed by atoms with van der Waals surface area (Å²) >= 11 is 5.86. The number of nitrogens with zero attached hydrogens (tertiary/aromatic N) is 1. The van der Waals surface area contributed by atoms with Crippen molar-refractivity contribution < 1.29 is 14.7 Å². The van der Waals surface area contributed by atoms with Gasteiger partial charge in [0.05, 0.1) is 11.3 Å². The Labute approximate surface area is 178 Å². The summed E-state index contributed by atoms with van der Waals surface area (Å²) in [4.78, 5) is 26.3. The lowest BCUT2D eigenvalue weighted by atomic mass is 10.1. The van der Waals surface area contributed by atoms with Gasteiger partial charge in [-0.15, -0.1) is 0 Å². The predicted molar refractivity (Wildman–Crippen MR) is 118 cm³/mol. The monoisotopic (exact) mass is 421 g/mol. The van der Waals surface area contributed by atoms with Gasteiger partial charge in [0.15, 0.2) is 0 Å². The minimum absolute atomic E-state index is 0.0758. The van der Waals surface area contributed by atoms with E-state index < -0.39 is 11.9 Å². The summed E-state index contributed by atoms with van der Waals surface area (Å²) in [5, 5.41) is 12.2. The second-order valence-electron chi connectivity index (χ2n) is 7.16. The highest BCUT2D eigenvalue weighted by molar-refractivity contribution is 6.31. The first-order valence-electron chi connectivity index (χ1n) is 9.48. The van der Waals surface area contributed by atoms with Crippen LogP contribution in [0.15, 0.2) is 60.7 Å². The summed E-state index contributed by atoms with van der Waals surface area (Å²) in [5.74, 6) is -1.61. The second kappa shape index (κ2) is 8.08. The molecule has 3 aromatic rings. The number of amides is 1. The number of rotatable bonds is 5. The van der Waals surface area contributed by atoms with Crippen molar-refractivity contribution in [2.75, 3.05) is 22.5 Å². The number of carboxylic acid groups (broad SMARTS) is 1.